The van der Waals surface area contributed by atoms with Gasteiger partial charge in [0.1, 0.15) is 11.4 Å². The highest BCUT2D eigenvalue weighted by Crippen LogP contribution is 2.31. The van der Waals surface area contributed by atoms with Crippen LogP contribution < -0.4 is 4.74 Å². The van der Waals surface area contributed by atoms with E-state index in [-0.39, 0.29) is 5.70 Å². The van der Waals surface area contributed by atoms with Gasteiger partial charge < -0.3 is 14.4 Å². The number of allylic oxidation sites excluding steroid dienone is 1. The largest absolute Gasteiger partial charge is 0.493 e. The van der Waals surface area contributed by atoms with Crippen molar-refractivity contribution in [3.8, 4) is 5.75 Å². The van der Waals surface area contributed by atoms with Crippen LogP contribution >= 0.6 is 0 Å². The van der Waals surface area contributed by atoms with Gasteiger partial charge in [0.25, 0.3) is 0 Å². The van der Waals surface area contributed by atoms with Crippen molar-refractivity contribution >= 4 is 18.6 Å². The zero-order valence-corrected chi connectivity index (χ0v) is 16.9. The number of benzene rings is 1. The maximum Gasteiger partial charge on any atom is 0.356 e. The Morgan fingerprint density at radius 1 is 1.32 bits per heavy atom. The number of carbonyl (C=O) groups is 1. The number of nitrogens with zero attached hydrogens (tertiary/aromatic N) is 4. The molecule has 1 aromatic rings. The molecule has 2 aliphatic heterocycles. The van der Waals surface area contributed by atoms with Crippen molar-refractivity contribution in [1.82, 2.24) is 9.80 Å². The van der Waals surface area contributed by atoms with Crippen molar-refractivity contribution in [2.45, 2.75) is 26.3 Å². The summed E-state index contributed by atoms with van der Waals surface area (Å²) in [5.41, 5.74) is 2.80. The molecule has 2 aliphatic rings. The van der Waals surface area contributed by atoms with E-state index < -0.39 is 5.97 Å². The highest BCUT2D eigenvalue weighted by Gasteiger charge is 2.25. The predicted octanol–water partition coefficient (Wildman–Crippen LogP) is 2.43. The number of methoxy groups -OCH3 is 1. The molecule has 1 aromatic carbocycles. The molecule has 3 rings (SSSR count). The van der Waals surface area contributed by atoms with Crippen LogP contribution in [0.5, 0.6) is 5.75 Å². The molecule has 0 saturated carbocycles. The molecule has 0 aromatic heterocycles. The topological polar surface area (TPSA) is 66.7 Å². The van der Waals surface area contributed by atoms with E-state index in [1.807, 2.05) is 0 Å². The average molecular weight is 384 g/mol. The number of esters is 1. The highest BCUT2D eigenvalue weighted by atomic mass is 16.5. The van der Waals surface area contributed by atoms with Crippen molar-refractivity contribution in [3.05, 3.63) is 41.1 Å². The third-order valence-electron chi connectivity index (χ3n) is 5.38. The maximum absolute atomic E-state index is 11.8. The lowest BCUT2D eigenvalue weighted by molar-refractivity contribution is -0.136. The zero-order chi connectivity index (χ0) is 20.1. The SMILES string of the molecule is C=N/C(=N\C(=C/C)C(=O)OC)N1CCN(C(C)c2ccc3c(c2)OCC3)CC1. The second-order valence-electron chi connectivity index (χ2n) is 6.90. The molecule has 28 heavy (non-hydrogen) atoms. The molecule has 0 amide bonds. The fourth-order valence-corrected chi connectivity index (χ4v) is 3.61. The van der Waals surface area contributed by atoms with E-state index in [0.717, 1.165) is 45.0 Å². The Labute approximate surface area is 166 Å². The number of hydrogen-bond acceptors (Lipinski definition) is 5. The van der Waals surface area contributed by atoms with E-state index in [1.165, 1.54) is 18.2 Å². The van der Waals surface area contributed by atoms with Crippen molar-refractivity contribution in [2.75, 3.05) is 39.9 Å². The summed E-state index contributed by atoms with van der Waals surface area (Å²) in [6.07, 6.45) is 2.62. The van der Waals surface area contributed by atoms with Gasteiger partial charge in [0.15, 0.2) is 0 Å². The number of carbonyl (C=O) groups excluding carboxylic acids is 1. The second kappa shape index (κ2) is 9.01. The number of ether oxygens (including phenoxy) is 2. The van der Waals surface area contributed by atoms with E-state index in [0.29, 0.717) is 12.0 Å². The normalized spacial score (nSPS) is 19.0. The molecular formula is C21H28N4O3. The Bertz CT molecular complexity index is 795. The predicted molar refractivity (Wildman–Crippen MR) is 110 cm³/mol. The van der Waals surface area contributed by atoms with Gasteiger partial charge in [-0.3, -0.25) is 4.90 Å². The van der Waals surface area contributed by atoms with Crippen LogP contribution in [0, 0.1) is 0 Å². The summed E-state index contributed by atoms with van der Waals surface area (Å²) in [6.45, 7) is 11.6. The van der Waals surface area contributed by atoms with Crippen molar-refractivity contribution in [2.24, 2.45) is 9.98 Å². The summed E-state index contributed by atoms with van der Waals surface area (Å²) >= 11 is 0. The van der Waals surface area contributed by atoms with Crippen LogP contribution in [-0.4, -0.2) is 68.3 Å². The van der Waals surface area contributed by atoms with Gasteiger partial charge in [0.05, 0.1) is 13.7 Å². The first-order chi connectivity index (χ1) is 13.6. The quantitative estimate of drug-likeness (QED) is 0.345. The van der Waals surface area contributed by atoms with Gasteiger partial charge in [-0.15, -0.1) is 0 Å². The first-order valence-corrected chi connectivity index (χ1v) is 9.62. The summed E-state index contributed by atoms with van der Waals surface area (Å²) in [5.74, 6) is 1.00. The zero-order valence-electron chi connectivity index (χ0n) is 16.9. The Morgan fingerprint density at radius 2 is 2.07 bits per heavy atom. The number of guanidine groups is 1. The molecule has 7 nitrogen and oxygen atoms in total. The summed E-state index contributed by atoms with van der Waals surface area (Å²) < 4.78 is 10.5. The Morgan fingerprint density at radius 3 is 2.71 bits per heavy atom. The lowest BCUT2D eigenvalue weighted by Gasteiger charge is -2.38. The molecule has 0 radical (unpaired) electrons. The van der Waals surface area contributed by atoms with Gasteiger partial charge in [0.2, 0.25) is 5.96 Å². The molecule has 1 saturated heterocycles. The minimum Gasteiger partial charge on any atom is -0.493 e. The highest BCUT2D eigenvalue weighted by molar-refractivity contribution is 5.94. The minimum absolute atomic E-state index is 0.235. The first kappa shape index (κ1) is 20.1. The van der Waals surface area contributed by atoms with Gasteiger partial charge in [-0.2, -0.15) is 0 Å². The van der Waals surface area contributed by atoms with Gasteiger partial charge in [-0.05, 0) is 37.8 Å². The fraction of sp³-hybridized carbons (Fsp3) is 0.476. The Balaban J connectivity index is 1.64. The average Bonchev–Trinajstić information content (AvgIpc) is 3.21. The van der Waals surface area contributed by atoms with E-state index >= 15 is 0 Å². The molecule has 7 heteroatoms. The number of aliphatic imine (C=N–C) groups is 2. The molecule has 0 bridgehead atoms. The molecular weight excluding hydrogens is 356 g/mol. The summed E-state index contributed by atoms with van der Waals surface area (Å²) in [4.78, 5) is 24.6. The van der Waals surface area contributed by atoms with Crippen molar-refractivity contribution in [1.29, 1.82) is 0 Å². The van der Waals surface area contributed by atoms with Gasteiger partial charge >= 0.3 is 5.97 Å². The molecule has 150 valence electrons. The van der Waals surface area contributed by atoms with Crippen LogP contribution in [0.25, 0.3) is 0 Å². The first-order valence-electron chi connectivity index (χ1n) is 9.62. The Kier molecular flexibility index (Phi) is 6.46. The smallest absolute Gasteiger partial charge is 0.356 e. The maximum atomic E-state index is 11.8. The molecule has 1 atom stereocenters. The number of rotatable bonds is 4. The van der Waals surface area contributed by atoms with Crippen LogP contribution in [-0.2, 0) is 16.0 Å². The number of fused-ring (bicyclic) bond motifs is 1. The summed E-state index contributed by atoms with van der Waals surface area (Å²) in [5, 5.41) is 0. The van der Waals surface area contributed by atoms with Crippen molar-refractivity contribution < 1.29 is 14.3 Å². The minimum atomic E-state index is -0.477. The summed E-state index contributed by atoms with van der Waals surface area (Å²) in [7, 11) is 1.34. The molecule has 1 fully saturated rings. The van der Waals surface area contributed by atoms with E-state index in [1.54, 1.807) is 13.0 Å². The fourth-order valence-electron chi connectivity index (χ4n) is 3.61. The molecule has 0 N–H and O–H groups in total. The van der Waals surface area contributed by atoms with Gasteiger partial charge in [-0.1, -0.05) is 18.2 Å². The van der Waals surface area contributed by atoms with Crippen LogP contribution in [0.2, 0.25) is 0 Å². The van der Waals surface area contributed by atoms with E-state index in [4.69, 9.17) is 9.47 Å². The molecule has 0 spiro atoms. The number of hydrogen-bond donors (Lipinski definition) is 0. The third-order valence-corrected chi connectivity index (χ3v) is 5.38. The Hall–Kier alpha value is -2.67. The lowest BCUT2D eigenvalue weighted by Crippen LogP contribution is -2.49. The van der Waals surface area contributed by atoms with Crippen LogP contribution in [0.3, 0.4) is 0 Å². The third kappa shape index (κ3) is 4.25. The van der Waals surface area contributed by atoms with Crippen molar-refractivity contribution in [3.63, 3.8) is 0 Å². The van der Waals surface area contributed by atoms with Crippen LogP contribution in [0.4, 0.5) is 0 Å². The molecule has 0 aliphatic carbocycles. The van der Waals surface area contributed by atoms with Crippen LogP contribution in [0.1, 0.15) is 31.0 Å². The van der Waals surface area contributed by atoms with Crippen LogP contribution in [0.15, 0.2) is 40.0 Å². The van der Waals surface area contributed by atoms with Gasteiger partial charge in [0, 0.05) is 38.6 Å². The number of piperazine rings is 1. The standard InChI is InChI=1S/C21H28N4O3/c1-5-18(20(26)27-4)23-21(22-3)25-11-9-24(10-12-25)15(2)17-7-6-16-8-13-28-19(16)14-17/h5-7,14-15H,3,8-13H2,1-2,4H3/b18-5-,23-21+. The second-order valence-corrected chi connectivity index (χ2v) is 6.90. The van der Waals surface area contributed by atoms with E-state index in [2.05, 4.69) is 51.6 Å². The van der Waals surface area contributed by atoms with E-state index in [9.17, 15) is 4.79 Å². The molecule has 1 unspecified atom stereocenters. The van der Waals surface area contributed by atoms with Gasteiger partial charge in [-0.25, -0.2) is 14.8 Å². The summed E-state index contributed by atoms with van der Waals surface area (Å²) in [6, 6.07) is 6.86. The lowest BCUT2D eigenvalue weighted by atomic mass is 10.0. The molecule has 2 heterocycles. The monoisotopic (exact) mass is 384 g/mol.